The summed E-state index contributed by atoms with van der Waals surface area (Å²) in [4.78, 5) is 10.3. The van der Waals surface area contributed by atoms with Crippen LogP contribution >= 0.6 is 0 Å². The summed E-state index contributed by atoms with van der Waals surface area (Å²) in [5, 5.41) is 0. The van der Waals surface area contributed by atoms with E-state index < -0.39 is 5.41 Å². The average Bonchev–Trinajstić information content (AvgIpc) is 2.13. The van der Waals surface area contributed by atoms with Gasteiger partial charge in [0, 0.05) is 0 Å². The Bertz CT molecular complexity index is 189. The standard InChI is InChI=1S/C8H9O/c1-7-3-4-8(2,5-7)6-9/h3-5H,1-2H3. The van der Waals surface area contributed by atoms with Gasteiger partial charge in [-0.15, -0.1) is 0 Å². The molecule has 0 amide bonds. The molecule has 0 bridgehead atoms. The third-order valence-electron chi connectivity index (χ3n) is 1.44. The molecule has 0 saturated heterocycles. The molecule has 0 fully saturated rings. The SMILES string of the molecule is CC1=CC(C)([C]=O)C=C1. The lowest BCUT2D eigenvalue weighted by Gasteiger charge is -2.05. The highest BCUT2D eigenvalue weighted by atomic mass is 16.1. The van der Waals surface area contributed by atoms with Crippen LogP contribution in [0.1, 0.15) is 13.8 Å². The van der Waals surface area contributed by atoms with Gasteiger partial charge >= 0.3 is 0 Å². The topological polar surface area (TPSA) is 17.1 Å². The van der Waals surface area contributed by atoms with Crippen LogP contribution in [0.3, 0.4) is 0 Å². The maximum Gasteiger partial charge on any atom is 0.213 e. The summed E-state index contributed by atoms with van der Waals surface area (Å²) in [6.07, 6.45) is 7.65. The fraction of sp³-hybridized carbons (Fsp3) is 0.375. The van der Waals surface area contributed by atoms with E-state index in [-0.39, 0.29) is 0 Å². The highest BCUT2D eigenvalue weighted by Crippen LogP contribution is 2.25. The summed E-state index contributed by atoms with van der Waals surface area (Å²) >= 11 is 0. The summed E-state index contributed by atoms with van der Waals surface area (Å²) in [7, 11) is 0. The average molecular weight is 121 g/mol. The smallest absolute Gasteiger partial charge is 0.213 e. The number of carbonyl (C=O) groups excluding carboxylic acids is 1. The van der Waals surface area contributed by atoms with Gasteiger partial charge in [-0.1, -0.05) is 23.8 Å². The first-order valence-corrected chi connectivity index (χ1v) is 2.94. The van der Waals surface area contributed by atoms with Crippen LogP contribution in [0, 0.1) is 5.41 Å². The molecule has 0 aliphatic heterocycles. The molecule has 1 unspecified atom stereocenters. The zero-order valence-corrected chi connectivity index (χ0v) is 5.64. The van der Waals surface area contributed by atoms with Crippen molar-refractivity contribution in [3.63, 3.8) is 0 Å². The third-order valence-corrected chi connectivity index (χ3v) is 1.44. The van der Waals surface area contributed by atoms with Gasteiger partial charge in [0.1, 0.15) is 0 Å². The molecule has 0 heterocycles. The van der Waals surface area contributed by atoms with Gasteiger partial charge in [-0.2, -0.15) is 0 Å². The lowest BCUT2D eigenvalue weighted by atomic mass is 9.95. The van der Waals surface area contributed by atoms with Crippen molar-refractivity contribution in [1.29, 1.82) is 0 Å². The summed E-state index contributed by atoms with van der Waals surface area (Å²) in [5.41, 5.74) is 0.699. The van der Waals surface area contributed by atoms with Crippen molar-refractivity contribution in [3.05, 3.63) is 23.8 Å². The monoisotopic (exact) mass is 121 g/mol. The van der Waals surface area contributed by atoms with Gasteiger partial charge in [-0.05, 0) is 13.8 Å². The predicted molar refractivity (Wildman–Crippen MR) is 36.7 cm³/mol. The maximum atomic E-state index is 10.3. The van der Waals surface area contributed by atoms with Crippen LogP contribution in [-0.4, -0.2) is 6.29 Å². The van der Waals surface area contributed by atoms with Gasteiger partial charge in [0.05, 0.1) is 5.41 Å². The quantitative estimate of drug-likeness (QED) is 0.515. The fourth-order valence-corrected chi connectivity index (χ4v) is 0.937. The van der Waals surface area contributed by atoms with E-state index in [1.165, 1.54) is 0 Å². The Hall–Kier alpha value is -0.850. The number of hydrogen-bond acceptors (Lipinski definition) is 1. The van der Waals surface area contributed by atoms with Crippen molar-refractivity contribution in [2.75, 3.05) is 0 Å². The second kappa shape index (κ2) is 1.83. The molecule has 1 heteroatoms. The van der Waals surface area contributed by atoms with Gasteiger partial charge in [-0.3, -0.25) is 4.79 Å². The number of allylic oxidation sites excluding steroid dienone is 4. The molecule has 0 aromatic rings. The van der Waals surface area contributed by atoms with E-state index in [1.54, 1.807) is 0 Å². The third kappa shape index (κ3) is 1.10. The van der Waals surface area contributed by atoms with E-state index in [4.69, 9.17) is 0 Å². The summed E-state index contributed by atoms with van der Waals surface area (Å²) < 4.78 is 0. The lowest BCUT2D eigenvalue weighted by Crippen LogP contribution is -2.07. The minimum atomic E-state index is -0.440. The molecule has 0 saturated carbocycles. The first-order valence-electron chi connectivity index (χ1n) is 2.94. The molecular weight excluding hydrogens is 112 g/mol. The Morgan fingerprint density at radius 3 is 2.56 bits per heavy atom. The van der Waals surface area contributed by atoms with Crippen LogP contribution in [0.4, 0.5) is 0 Å². The second-order valence-electron chi connectivity index (χ2n) is 2.61. The molecule has 0 N–H and O–H groups in total. The molecule has 0 aromatic heterocycles. The Morgan fingerprint density at radius 2 is 2.33 bits per heavy atom. The van der Waals surface area contributed by atoms with E-state index in [9.17, 15) is 4.79 Å². The maximum absolute atomic E-state index is 10.3. The summed E-state index contributed by atoms with van der Waals surface area (Å²) in [6.45, 7) is 3.81. The largest absolute Gasteiger partial charge is 0.289 e. The van der Waals surface area contributed by atoms with E-state index in [0.29, 0.717) is 0 Å². The molecule has 1 aliphatic carbocycles. The number of rotatable bonds is 1. The molecular formula is C8H9O. The van der Waals surface area contributed by atoms with Crippen molar-refractivity contribution in [1.82, 2.24) is 0 Å². The second-order valence-corrected chi connectivity index (χ2v) is 2.61. The zero-order chi connectivity index (χ0) is 6.91. The Kier molecular flexibility index (Phi) is 1.28. The Morgan fingerprint density at radius 1 is 1.67 bits per heavy atom. The minimum Gasteiger partial charge on any atom is -0.289 e. The molecule has 1 nitrogen and oxygen atoms in total. The highest BCUT2D eigenvalue weighted by Gasteiger charge is 2.21. The molecule has 0 spiro atoms. The molecule has 1 aliphatic rings. The van der Waals surface area contributed by atoms with Gasteiger partial charge in [0.2, 0.25) is 6.29 Å². The molecule has 9 heavy (non-hydrogen) atoms. The van der Waals surface area contributed by atoms with Crippen LogP contribution in [0.15, 0.2) is 23.8 Å². The fourth-order valence-electron chi connectivity index (χ4n) is 0.937. The first kappa shape index (κ1) is 6.27. The first-order chi connectivity index (χ1) is 4.16. The van der Waals surface area contributed by atoms with Crippen molar-refractivity contribution in [3.8, 4) is 0 Å². The summed E-state index contributed by atoms with van der Waals surface area (Å²) in [6, 6.07) is 0. The Balaban J connectivity index is 2.90. The van der Waals surface area contributed by atoms with E-state index in [0.717, 1.165) is 5.57 Å². The zero-order valence-electron chi connectivity index (χ0n) is 5.64. The van der Waals surface area contributed by atoms with Crippen LogP contribution in [0.5, 0.6) is 0 Å². The van der Waals surface area contributed by atoms with Crippen LogP contribution in [0.2, 0.25) is 0 Å². The van der Waals surface area contributed by atoms with E-state index in [1.807, 2.05) is 38.4 Å². The van der Waals surface area contributed by atoms with Crippen molar-refractivity contribution in [2.24, 2.45) is 5.41 Å². The summed E-state index contributed by atoms with van der Waals surface area (Å²) in [5.74, 6) is 0. The van der Waals surface area contributed by atoms with Crippen LogP contribution in [-0.2, 0) is 4.79 Å². The van der Waals surface area contributed by atoms with Crippen molar-refractivity contribution < 1.29 is 4.79 Å². The predicted octanol–water partition coefficient (Wildman–Crippen LogP) is 1.62. The number of hydrogen-bond donors (Lipinski definition) is 0. The molecule has 47 valence electrons. The lowest BCUT2D eigenvalue weighted by molar-refractivity contribution is 0.523. The van der Waals surface area contributed by atoms with Gasteiger partial charge in [-0.25, -0.2) is 0 Å². The van der Waals surface area contributed by atoms with E-state index in [2.05, 4.69) is 0 Å². The highest BCUT2D eigenvalue weighted by molar-refractivity contribution is 5.69. The van der Waals surface area contributed by atoms with Crippen molar-refractivity contribution >= 4 is 6.29 Å². The van der Waals surface area contributed by atoms with Gasteiger partial charge < -0.3 is 0 Å². The van der Waals surface area contributed by atoms with Crippen LogP contribution < -0.4 is 0 Å². The minimum absolute atomic E-state index is 0.440. The van der Waals surface area contributed by atoms with E-state index >= 15 is 0 Å². The molecule has 1 radical (unpaired) electrons. The van der Waals surface area contributed by atoms with Crippen LogP contribution in [0.25, 0.3) is 0 Å². The normalized spacial score (nSPS) is 32.4. The van der Waals surface area contributed by atoms with Crippen molar-refractivity contribution in [2.45, 2.75) is 13.8 Å². The molecule has 1 rings (SSSR count). The van der Waals surface area contributed by atoms with Gasteiger partial charge in [0.15, 0.2) is 0 Å². The van der Waals surface area contributed by atoms with Gasteiger partial charge in [0.25, 0.3) is 0 Å². The molecule has 1 atom stereocenters. The molecule has 0 aromatic carbocycles. The Labute approximate surface area is 55.1 Å².